The molecular weight excluding hydrogens is 280 g/mol. The van der Waals surface area contributed by atoms with Crippen molar-refractivity contribution in [1.29, 1.82) is 0 Å². The predicted molar refractivity (Wildman–Crippen MR) is 69.9 cm³/mol. The molecule has 0 saturated carbocycles. The second-order valence-corrected chi connectivity index (χ2v) is 4.47. The van der Waals surface area contributed by atoms with Gasteiger partial charge >= 0.3 is 0 Å². The van der Waals surface area contributed by atoms with Crippen molar-refractivity contribution >= 4 is 15.9 Å². The number of halogens is 1. The summed E-state index contributed by atoms with van der Waals surface area (Å²) in [6.07, 6.45) is 0. The summed E-state index contributed by atoms with van der Waals surface area (Å²) in [6.45, 7) is 0.549. The van der Waals surface area contributed by atoms with Crippen LogP contribution in [0.15, 0.2) is 42.5 Å². The van der Waals surface area contributed by atoms with Gasteiger partial charge in [-0.15, -0.1) is 0 Å². The summed E-state index contributed by atoms with van der Waals surface area (Å²) in [5.74, 6) is 2.45. The summed E-state index contributed by atoms with van der Waals surface area (Å²) in [5, 5.41) is 0.841. The van der Waals surface area contributed by atoms with Crippen molar-refractivity contribution in [3.63, 3.8) is 0 Å². The molecule has 2 aromatic carbocycles. The van der Waals surface area contributed by atoms with Crippen LogP contribution in [-0.4, -0.2) is 0 Å². The zero-order valence-corrected chi connectivity index (χ0v) is 10.7. The molecule has 0 amide bonds. The zero-order chi connectivity index (χ0) is 11.7. The molecule has 1 heterocycles. The molecule has 86 valence electrons. The third-order valence-corrected chi connectivity index (χ3v) is 3.38. The van der Waals surface area contributed by atoms with E-state index in [0.29, 0.717) is 6.61 Å². The molecule has 3 rings (SSSR count). The van der Waals surface area contributed by atoms with E-state index in [4.69, 9.17) is 9.47 Å². The van der Waals surface area contributed by atoms with E-state index >= 15 is 0 Å². The molecule has 0 radical (unpaired) electrons. The maximum absolute atomic E-state index is 5.86. The molecular formula is C14H11BrO2. The molecule has 0 bridgehead atoms. The number of hydrogen-bond acceptors (Lipinski definition) is 2. The van der Waals surface area contributed by atoms with Crippen LogP contribution < -0.4 is 9.47 Å². The molecule has 0 N–H and O–H groups in total. The maximum Gasteiger partial charge on any atom is 0.169 e. The van der Waals surface area contributed by atoms with Gasteiger partial charge in [-0.3, -0.25) is 0 Å². The monoisotopic (exact) mass is 290 g/mol. The lowest BCUT2D eigenvalue weighted by molar-refractivity contribution is 0.307. The molecule has 0 saturated heterocycles. The summed E-state index contributed by atoms with van der Waals surface area (Å²) in [7, 11) is 0. The Balaban J connectivity index is 2.03. The number of alkyl halides is 1. The van der Waals surface area contributed by atoms with Crippen molar-refractivity contribution in [3.05, 3.63) is 53.6 Å². The van der Waals surface area contributed by atoms with Gasteiger partial charge in [-0.05, 0) is 29.8 Å². The van der Waals surface area contributed by atoms with Gasteiger partial charge in [0.15, 0.2) is 11.5 Å². The highest BCUT2D eigenvalue weighted by molar-refractivity contribution is 9.08. The Kier molecular flexibility index (Phi) is 2.77. The second-order valence-electron chi connectivity index (χ2n) is 3.91. The summed E-state index contributed by atoms with van der Waals surface area (Å²) in [4.78, 5) is 0. The third-order valence-electron chi connectivity index (χ3n) is 2.73. The number of rotatable bonds is 1. The van der Waals surface area contributed by atoms with E-state index in [2.05, 4.69) is 28.1 Å². The summed E-state index contributed by atoms with van der Waals surface area (Å²) < 4.78 is 11.6. The number of hydrogen-bond donors (Lipinski definition) is 0. The highest BCUT2D eigenvalue weighted by atomic mass is 79.9. The van der Waals surface area contributed by atoms with Crippen molar-refractivity contribution in [2.75, 3.05) is 0 Å². The Bertz CT molecular complexity index is 552. The van der Waals surface area contributed by atoms with E-state index in [0.717, 1.165) is 28.1 Å². The minimum atomic E-state index is 0.549. The van der Waals surface area contributed by atoms with Gasteiger partial charge in [-0.25, -0.2) is 0 Å². The third kappa shape index (κ3) is 2.03. The van der Waals surface area contributed by atoms with E-state index in [1.807, 2.05) is 30.3 Å². The first-order valence-electron chi connectivity index (χ1n) is 5.44. The molecule has 0 spiro atoms. The van der Waals surface area contributed by atoms with Gasteiger partial charge in [-0.2, -0.15) is 0 Å². The van der Waals surface area contributed by atoms with Gasteiger partial charge in [-0.1, -0.05) is 34.1 Å². The van der Waals surface area contributed by atoms with Gasteiger partial charge in [0.25, 0.3) is 0 Å². The van der Waals surface area contributed by atoms with E-state index in [1.54, 1.807) is 0 Å². The second kappa shape index (κ2) is 4.41. The number of ether oxygens (including phenoxy) is 2. The van der Waals surface area contributed by atoms with Crippen LogP contribution >= 0.6 is 15.9 Å². The topological polar surface area (TPSA) is 18.5 Å². The van der Waals surface area contributed by atoms with E-state index in [1.165, 1.54) is 5.56 Å². The van der Waals surface area contributed by atoms with Crippen LogP contribution in [0, 0.1) is 0 Å². The molecule has 1 aliphatic rings. The first-order chi connectivity index (χ1) is 8.36. The Morgan fingerprint density at radius 1 is 1.00 bits per heavy atom. The van der Waals surface area contributed by atoms with Crippen molar-refractivity contribution < 1.29 is 9.47 Å². The van der Waals surface area contributed by atoms with Crippen molar-refractivity contribution in [3.8, 4) is 17.2 Å². The fourth-order valence-corrected chi connectivity index (χ4v) is 2.20. The average Bonchev–Trinajstić information content (AvgIpc) is 2.57. The Morgan fingerprint density at radius 2 is 1.82 bits per heavy atom. The number of para-hydroxylation sites is 2. The molecule has 0 aliphatic carbocycles. The van der Waals surface area contributed by atoms with Crippen molar-refractivity contribution in [2.45, 2.75) is 11.9 Å². The minimum Gasteiger partial charge on any atom is -0.485 e. The molecule has 0 unspecified atom stereocenters. The van der Waals surface area contributed by atoms with Crippen LogP contribution in [0.2, 0.25) is 0 Å². The lowest BCUT2D eigenvalue weighted by Crippen LogP contribution is -1.94. The molecule has 0 atom stereocenters. The Labute approximate surface area is 108 Å². The molecule has 17 heavy (non-hydrogen) atoms. The molecule has 2 aromatic rings. The Morgan fingerprint density at radius 3 is 2.65 bits per heavy atom. The largest absolute Gasteiger partial charge is 0.485 e. The van der Waals surface area contributed by atoms with Crippen molar-refractivity contribution in [1.82, 2.24) is 0 Å². The smallest absolute Gasteiger partial charge is 0.169 e. The summed E-state index contributed by atoms with van der Waals surface area (Å²) in [5.41, 5.74) is 2.31. The first-order valence-corrected chi connectivity index (χ1v) is 6.56. The van der Waals surface area contributed by atoms with Crippen molar-refractivity contribution in [2.24, 2.45) is 0 Å². The van der Waals surface area contributed by atoms with Crippen LogP contribution in [-0.2, 0) is 11.9 Å². The van der Waals surface area contributed by atoms with Gasteiger partial charge in [0.2, 0.25) is 0 Å². The maximum atomic E-state index is 5.86. The van der Waals surface area contributed by atoms with E-state index < -0.39 is 0 Å². The first kappa shape index (κ1) is 10.7. The van der Waals surface area contributed by atoms with Crippen LogP contribution in [0.3, 0.4) is 0 Å². The van der Waals surface area contributed by atoms with Gasteiger partial charge < -0.3 is 9.47 Å². The zero-order valence-electron chi connectivity index (χ0n) is 9.15. The lowest BCUT2D eigenvalue weighted by Gasteiger charge is -2.07. The highest BCUT2D eigenvalue weighted by Crippen LogP contribution is 2.37. The molecule has 1 aliphatic heterocycles. The summed E-state index contributed by atoms with van der Waals surface area (Å²) >= 11 is 3.45. The molecule has 3 heteroatoms. The van der Waals surface area contributed by atoms with E-state index in [9.17, 15) is 0 Å². The quantitative estimate of drug-likeness (QED) is 0.731. The van der Waals surface area contributed by atoms with Crippen LogP contribution in [0.4, 0.5) is 0 Å². The predicted octanol–water partition coefficient (Wildman–Crippen LogP) is 4.27. The van der Waals surface area contributed by atoms with Gasteiger partial charge in [0.05, 0.1) is 0 Å². The van der Waals surface area contributed by atoms with Crippen LogP contribution in [0.5, 0.6) is 17.2 Å². The molecule has 0 fully saturated rings. The van der Waals surface area contributed by atoms with Crippen LogP contribution in [0.25, 0.3) is 0 Å². The highest BCUT2D eigenvalue weighted by Gasteiger charge is 2.15. The molecule has 2 nitrogen and oxygen atoms in total. The summed E-state index contributed by atoms with van der Waals surface area (Å²) in [6, 6.07) is 13.9. The lowest BCUT2D eigenvalue weighted by atomic mass is 10.1. The standard InChI is InChI=1S/C14H11BrO2/c15-8-10-5-6-12-11(7-10)9-16-13-3-1-2-4-14(13)17-12/h1-7H,8-9H2. The Hall–Kier alpha value is -1.48. The van der Waals surface area contributed by atoms with E-state index in [-0.39, 0.29) is 0 Å². The fourth-order valence-electron chi connectivity index (χ4n) is 1.86. The average molecular weight is 291 g/mol. The molecule has 0 aromatic heterocycles. The van der Waals surface area contributed by atoms with Gasteiger partial charge in [0.1, 0.15) is 12.4 Å². The van der Waals surface area contributed by atoms with Crippen LogP contribution in [0.1, 0.15) is 11.1 Å². The number of benzene rings is 2. The minimum absolute atomic E-state index is 0.549. The number of fused-ring (bicyclic) bond motifs is 2. The van der Waals surface area contributed by atoms with Gasteiger partial charge in [0, 0.05) is 10.9 Å². The fraction of sp³-hybridized carbons (Fsp3) is 0.143. The SMILES string of the molecule is BrCc1ccc2c(c1)COc1ccccc1O2. The normalized spacial score (nSPS) is 12.8.